The van der Waals surface area contributed by atoms with Crippen LogP contribution in [0.5, 0.6) is 5.75 Å². The first-order valence-electron chi connectivity index (χ1n) is 8.57. The first-order chi connectivity index (χ1) is 12.1. The fourth-order valence-electron chi connectivity index (χ4n) is 2.06. The summed E-state index contributed by atoms with van der Waals surface area (Å²) in [4.78, 5) is 15.5. The van der Waals surface area contributed by atoms with Crippen molar-refractivity contribution in [3.8, 4) is 5.75 Å². The zero-order chi connectivity index (χ0) is 18.5. The van der Waals surface area contributed by atoms with Gasteiger partial charge in [0.15, 0.2) is 17.5 Å². The normalized spacial score (nSPS) is 11.9. The number of esters is 1. The van der Waals surface area contributed by atoms with Crippen LogP contribution in [-0.2, 0) is 9.53 Å². The number of hydrogen-bond acceptors (Lipinski definition) is 4. The molecule has 8 heteroatoms. The first-order valence-corrected chi connectivity index (χ1v) is 8.57. The summed E-state index contributed by atoms with van der Waals surface area (Å²) in [7, 11) is 1.39. The van der Waals surface area contributed by atoms with Crippen LogP contribution in [-0.4, -0.2) is 44.8 Å². The number of methoxy groups -OCH3 is 1. The average Bonchev–Trinajstić information content (AvgIpc) is 2.61. The van der Waals surface area contributed by atoms with Crippen LogP contribution in [0.15, 0.2) is 29.3 Å². The SMILES string of the molecule is CCNC(=NCC(C)Oc1ccccc1F)NCCCCC(=O)OC.I. The number of rotatable bonds is 10. The Kier molecular flexibility index (Phi) is 13.7. The fourth-order valence-corrected chi connectivity index (χ4v) is 2.06. The van der Waals surface area contributed by atoms with Gasteiger partial charge in [0.05, 0.1) is 13.7 Å². The number of hydrogen-bond donors (Lipinski definition) is 2. The second-order valence-corrected chi connectivity index (χ2v) is 5.54. The Bertz CT molecular complexity index is 558. The number of aliphatic imine (C=N–C) groups is 1. The van der Waals surface area contributed by atoms with E-state index in [1.54, 1.807) is 18.2 Å². The van der Waals surface area contributed by atoms with E-state index in [1.807, 2.05) is 13.8 Å². The van der Waals surface area contributed by atoms with Crippen LogP contribution < -0.4 is 15.4 Å². The lowest BCUT2D eigenvalue weighted by Crippen LogP contribution is -2.38. The van der Waals surface area contributed by atoms with Crippen molar-refractivity contribution in [3.63, 3.8) is 0 Å². The quantitative estimate of drug-likeness (QED) is 0.177. The van der Waals surface area contributed by atoms with Gasteiger partial charge in [0.25, 0.3) is 0 Å². The summed E-state index contributed by atoms with van der Waals surface area (Å²) in [5.41, 5.74) is 0. The van der Waals surface area contributed by atoms with Gasteiger partial charge in [-0.1, -0.05) is 12.1 Å². The van der Waals surface area contributed by atoms with E-state index in [-0.39, 0.29) is 47.6 Å². The molecule has 0 spiro atoms. The van der Waals surface area contributed by atoms with Crippen LogP contribution in [0.4, 0.5) is 4.39 Å². The fraction of sp³-hybridized carbons (Fsp3) is 0.556. The average molecular weight is 481 g/mol. The molecule has 0 bridgehead atoms. The van der Waals surface area contributed by atoms with Crippen LogP contribution >= 0.6 is 24.0 Å². The molecule has 26 heavy (non-hydrogen) atoms. The van der Waals surface area contributed by atoms with Gasteiger partial charge in [0.2, 0.25) is 0 Å². The summed E-state index contributed by atoms with van der Waals surface area (Å²) in [5.74, 6) is 0.323. The number of nitrogens with one attached hydrogen (secondary N) is 2. The Hall–Kier alpha value is -1.58. The van der Waals surface area contributed by atoms with Crippen molar-refractivity contribution >= 4 is 35.9 Å². The van der Waals surface area contributed by atoms with E-state index in [0.29, 0.717) is 25.5 Å². The van der Waals surface area contributed by atoms with Crippen LogP contribution in [0.25, 0.3) is 0 Å². The van der Waals surface area contributed by atoms with Crippen molar-refractivity contribution in [2.75, 3.05) is 26.7 Å². The maximum Gasteiger partial charge on any atom is 0.305 e. The van der Waals surface area contributed by atoms with E-state index in [1.165, 1.54) is 13.2 Å². The van der Waals surface area contributed by atoms with Crippen molar-refractivity contribution in [1.82, 2.24) is 10.6 Å². The number of benzene rings is 1. The standard InChI is InChI=1S/C18H28FN3O3.HI/c1-4-20-18(21-12-8-7-11-17(23)24-3)22-13-14(2)25-16-10-6-5-9-15(16)19;/h5-6,9-10,14H,4,7-8,11-13H2,1-3H3,(H2,20,21,22);1H. The lowest BCUT2D eigenvalue weighted by Gasteiger charge is -2.15. The molecule has 6 nitrogen and oxygen atoms in total. The van der Waals surface area contributed by atoms with Crippen molar-refractivity contribution in [2.45, 2.75) is 39.2 Å². The number of unbranched alkanes of at least 4 members (excludes halogenated alkanes) is 1. The van der Waals surface area contributed by atoms with Gasteiger partial charge in [-0.05, 0) is 38.8 Å². The zero-order valence-electron chi connectivity index (χ0n) is 15.6. The van der Waals surface area contributed by atoms with E-state index in [0.717, 1.165) is 19.4 Å². The second kappa shape index (κ2) is 14.6. The molecule has 0 saturated heterocycles. The van der Waals surface area contributed by atoms with E-state index < -0.39 is 0 Å². The molecule has 0 fully saturated rings. The number of nitrogens with zero attached hydrogens (tertiary/aromatic N) is 1. The summed E-state index contributed by atoms with van der Waals surface area (Å²) < 4.78 is 23.7. The van der Waals surface area contributed by atoms with Crippen molar-refractivity contribution in [3.05, 3.63) is 30.1 Å². The van der Waals surface area contributed by atoms with Crippen LogP contribution in [0.1, 0.15) is 33.1 Å². The Labute approximate surface area is 172 Å². The lowest BCUT2D eigenvalue weighted by molar-refractivity contribution is -0.140. The topological polar surface area (TPSA) is 72.0 Å². The summed E-state index contributed by atoms with van der Waals surface area (Å²) in [6.45, 7) is 5.65. The van der Waals surface area contributed by atoms with Gasteiger partial charge in [-0.2, -0.15) is 0 Å². The Balaban J connectivity index is 0.00000625. The van der Waals surface area contributed by atoms with E-state index in [2.05, 4.69) is 20.4 Å². The number of ether oxygens (including phenoxy) is 2. The Morgan fingerprint density at radius 2 is 2.00 bits per heavy atom. The monoisotopic (exact) mass is 481 g/mol. The molecule has 0 aromatic heterocycles. The highest BCUT2D eigenvalue weighted by molar-refractivity contribution is 14.0. The molecule has 0 saturated carbocycles. The summed E-state index contributed by atoms with van der Waals surface area (Å²) >= 11 is 0. The predicted octanol–water partition coefficient (Wildman–Crippen LogP) is 3.11. The lowest BCUT2D eigenvalue weighted by atomic mass is 10.2. The summed E-state index contributed by atoms with van der Waals surface area (Å²) in [5, 5.41) is 6.34. The Morgan fingerprint density at radius 1 is 1.27 bits per heavy atom. The first kappa shape index (κ1) is 24.4. The summed E-state index contributed by atoms with van der Waals surface area (Å²) in [6, 6.07) is 6.32. The molecule has 0 amide bonds. The number of carbonyl (C=O) groups is 1. The molecule has 0 aliphatic carbocycles. The van der Waals surface area contributed by atoms with Gasteiger partial charge >= 0.3 is 5.97 Å². The molecule has 0 heterocycles. The second-order valence-electron chi connectivity index (χ2n) is 5.54. The third-order valence-corrected chi connectivity index (χ3v) is 3.34. The number of carbonyl (C=O) groups excluding carboxylic acids is 1. The number of para-hydroxylation sites is 1. The highest BCUT2D eigenvalue weighted by Crippen LogP contribution is 2.16. The van der Waals surface area contributed by atoms with Gasteiger partial charge in [-0.25, -0.2) is 9.38 Å². The van der Waals surface area contributed by atoms with Gasteiger partial charge in [0, 0.05) is 19.5 Å². The van der Waals surface area contributed by atoms with E-state index in [9.17, 15) is 9.18 Å². The summed E-state index contributed by atoms with van der Waals surface area (Å²) in [6.07, 6.45) is 1.75. The molecule has 148 valence electrons. The van der Waals surface area contributed by atoms with Gasteiger partial charge in [0.1, 0.15) is 6.10 Å². The third kappa shape index (κ3) is 10.4. The zero-order valence-corrected chi connectivity index (χ0v) is 17.9. The van der Waals surface area contributed by atoms with Gasteiger partial charge in [-0.3, -0.25) is 4.79 Å². The minimum Gasteiger partial charge on any atom is -0.486 e. The smallest absolute Gasteiger partial charge is 0.305 e. The minimum atomic E-state index is -0.381. The maximum absolute atomic E-state index is 13.6. The van der Waals surface area contributed by atoms with Crippen molar-refractivity contribution in [2.24, 2.45) is 4.99 Å². The van der Waals surface area contributed by atoms with Crippen molar-refractivity contribution in [1.29, 1.82) is 0 Å². The van der Waals surface area contributed by atoms with Crippen LogP contribution in [0, 0.1) is 5.82 Å². The molecular formula is C18H29FIN3O3. The number of guanidine groups is 1. The van der Waals surface area contributed by atoms with Gasteiger partial charge in [-0.15, -0.1) is 24.0 Å². The predicted molar refractivity (Wildman–Crippen MR) is 112 cm³/mol. The Morgan fingerprint density at radius 3 is 2.65 bits per heavy atom. The van der Waals surface area contributed by atoms with Crippen LogP contribution in [0.2, 0.25) is 0 Å². The van der Waals surface area contributed by atoms with Gasteiger partial charge < -0.3 is 20.1 Å². The maximum atomic E-state index is 13.6. The molecule has 1 rings (SSSR count). The van der Waals surface area contributed by atoms with E-state index >= 15 is 0 Å². The van der Waals surface area contributed by atoms with Crippen LogP contribution in [0.3, 0.4) is 0 Å². The molecule has 0 radical (unpaired) electrons. The highest BCUT2D eigenvalue weighted by atomic mass is 127. The molecule has 1 atom stereocenters. The number of halogens is 2. The minimum absolute atomic E-state index is 0. The molecule has 2 N–H and O–H groups in total. The molecule has 0 aliphatic rings. The highest BCUT2D eigenvalue weighted by Gasteiger charge is 2.08. The molecule has 0 aliphatic heterocycles. The van der Waals surface area contributed by atoms with Crippen molar-refractivity contribution < 1.29 is 18.7 Å². The molecule has 1 unspecified atom stereocenters. The van der Waals surface area contributed by atoms with E-state index in [4.69, 9.17) is 4.74 Å². The molecule has 1 aromatic rings. The molecule has 1 aromatic carbocycles. The largest absolute Gasteiger partial charge is 0.486 e. The molecular weight excluding hydrogens is 452 g/mol. The third-order valence-electron chi connectivity index (χ3n) is 3.34.